The molecule has 0 atom stereocenters. The van der Waals surface area contributed by atoms with E-state index in [1.165, 1.54) is 28.3 Å². The molecule has 3 aromatic rings. The number of hydrogen-bond acceptors (Lipinski definition) is 0. The second kappa shape index (κ2) is 4.31. The minimum Gasteiger partial charge on any atom is -0.207 e. The molecule has 0 unspecified atom stereocenters. The van der Waals surface area contributed by atoms with E-state index in [0.29, 0.717) is 0 Å². The third-order valence-electron chi connectivity index (χ3n) is 4.02. The summed E-state index contributed by atoms with van der Waals surface area (Å²) in [6.07, 6.45) is 0. The van der Waals surface area contributed by atoms with Crippen molar-refractivity contribution in [1.82, 2.24) is 0 Å². The molecule has 0 aromatic heterocycles. The van der Waals surface area contributed by atoms with Gasteiger partial charge < -0.3 is 0 Å². The van der Waals surface area contributed by atoms with Gasteiger partial charge in [-0.3, -0.25) is 0 Å². The molecule has 0 heterocycles. The van der Waals surface area contributed by atoms with Gasteiger partial charge in [-0.05, 0) is 39.9 Å². The molecule has 1 aliphatic carbocycles. The lowest BCUT2D eigenvalue weighted by Gasteiger charge is -2.14. The Hall–Kier alpha value is -2.41. The highest BCUT2D eigenvalue weighted by Crippen LogP contribution is 2.47. The Balaban J connectivity index is 2.00. The Morgan fingerprint density at radius 1 is 0.650 bits per heavy atom. The maximum absolute atomic E-state index is 13.6. The molecule has 0 saturated carbocycles. The molecule has 3 aromatic carbocycles. The summed E-state index contributed by atoms with van der Waals surface area (Å²) in [5.74, 6) is -0.0394. The normalized spacial score (nSPS) is 13.1. The summed E-state index contributed by atoms with van der Waals surface area (Å²) in [6, 6.07) is 23.7. The van der Waals surface area contributed by atoms with Crippen molar-refractivity contribution < 1.29 is 4.39 Å². The van der Waals surface area contributed by atoms with Crippen LogP contribution in [0.15, 0.2) is 72.8 Å². The predicted octanol–water partition coefficient (Wildman–Crippen LogP) is 4.99. The average molecular weight is 260 g/mol. The summed E-state index contributed by atoms with van der Waals surface area (Å²) in [7, 11) is 0. The fraction of sp³-hybridized carbons (Fsp3) is 0.0526. The van der Waals surface area contributed by atoms with Gasteiger partial charge in [0.1, 0.15) is 5.82 Å². The van der Waals surface area contributed by atoms with Crippen molar-refractivity contribution in [3.63, 3.8) is 0 Å². The van der Waals surface area contributed by atoms with Crippen LogP contribution in [-0.4, -0.2) is 0 Å². The van der Waals surface area contributed by atoms with E-state index in [0.717, 1.165) is 5.56 Å². The van der Waals surface area contributed by atoms with Gasteiger partial charge in [-0.25, -0.2) is 4.39 Å². The first-order chi connectivity index (χ1) is 9.84. The predicted molar refractivity (Wildman–Crippen MR) is 79.2 cm³/mol. The number of rotatable bonds is 1. The second-order valence-electron chi connectivity index (χ2n) is 5.16. The van der Waals surface area contributed by atoms with E-state index in [9.17, 15) is 4.39 Å². The molecule has 0 radical (unpaired) electrons. The first-order valence-corrected chi connectivity index (χ1v) is 6.78. The van der Waals surface area contributed by atoms with Crippen molar-refractivity contribution in [3.8, 4) is 11.1 Å². The molecule has 0 amide bonds. The van der Waals surface area contributed by atoms with E-state index in [1.807, 2.05) is 6.07 Å². The number of fused-ring (bicyclic) bond motifs is 3. The molecule has 0 nitrogen and oxygen atoms in total. The molecule has 1 aliphatic rings. The van der Waals surface area contributed by atoms with Crippen LogP contribution in [0.3, 0.4) is 0 Å². The van der Waals surface area contributed by atoms with Gasteiger partial charge in [0.15, 0.2) is 0 Å². The van der Waals surface area contributed by atoms with E-state index in [-0.39, 0.29) is 11.7 Å². The largest absolute Gasteiger partial charge is 0.207 e. The molecule has 0 saturated heterocycles. The Morgan fingerprint density at radius 3 is 1.85 bits per heavy atom. The highest BCUT2D eigenvalue weighted by molar-refractivity contribution is 5.80. The van der Waals surface area contributed by atoms with Gasteiger partial charge in [0.25, 0.3) is 0 Å². The fourth-order valence-electron chi connectivity index (χ4n) is 3.20. The van der Waals surface area contributed by atoms with E-state index in [4.69, 9.17) is 0 Å². The third kappa shape index (κ3) is 1.60. The number of benzene rings is 3. The Labute approximate surface area is 117 Å². The summed E-state index contributed by atoms with van der Waals surface area (Å²) < 4.78 is 13.6. The van der Waals surface area contributed by atoms with Crippen LogP contribution in [0, 0.1) is 5.82 Å². The molecule has 0 aliphatic heterocycles. The van der Waals surface area contributed by atoms with E-state index in [2.05, 4.69) is 48.5 Å². The molecule has 0 bridgehead atoms. The standard InChI is InChI=1S/C19H13F/c20-14-7-5-6-13(12-14)19-17-10-3-1-8-15(17)16-9-2-4-11-18(16)19/h1-12,19H. The zero-order chi connectivity index (χ0) is 13.5. The third-order valence-corrected chi connectivity index (χ3v) is 4.02. The zero-order valence-corrected chi connectivity index (χ0v) is 10.9. The van der Waals surface area contributed by atoms with Crippen molar-refractivity contribution in [2.45, 2.75) is 5.92 Å². The quantitative estimate of drug-likeness (QED) is 0.452. The lowest BCUT2D eigenvalue weighted by molar-refractivity contribution is 0.625. The van der Waals surface area contributed by atoms with Crippen LogP contribution < -0.4 is 0 Å². The maximum atomic E-state index is 13.6. The monoisotopic (exact) mass is 260 g/mol. The average Bonchev–Trinajstić information content (AvgIpc) is 2.82. The van der Waals surface area contributed by atoms with Crippen molar-refractivity contribution in [1.29, 1.82) is 0 Å². The van der Waals surface area contributed by atoms with E-state index < -0.39 is 0 Å². The summed E-state index contributed by atoms with van der Waals surface area (Å²) in [4.78, 5) is 0. The molecular formula is C19H13F. The topological polar surface area (TPSA) is 0 Å². The van der Waals surface area contributed by atoms with Crippen molar-refractivity contribution >= 4 is 0 Å². The van der Waals surface area contributed by atoms with Crippen molar-refractivity contribution in [3.05, 3.63) is 95.3 Å². The minimum atomic E-state index is -0.177. The summed E-state index contributed by atoms with van der Waals surface area (Å²) in [6.45, 7) is 0. The molecule has 4 rings (SSSR count). The van der Waals surface area contributed by atoms with Crippen LogP contribution in [0.1, 0.15) is 22.6 Å². The van der Waals surface area contributed by atoms with Crippen LogP contribution in [0.4, 0.5) is 4.39 Å². The molecule has 20 heavy (non-hydrogen) atoms. The van der Waals surface area contributed by atoms with Crippen LogP contribution in [0.25, 0.3) is 11.1 Å². The van der Waals surface area contributed by atoms with Gasteiger partial charge in [0.05, 0.1) is 0 Å². The van der Waals surface area contributed by atoms with Gasteiger partial charge in [-0.15, -0.1) is 0 Å². The number of halogens is 1. The fourth-order valence-corrected chi connectivity index (χ4v) is 3.20. The first kappa shape index (κ1) is 11.4. The van der Waals surface area contributed by atoms with E-state index >= 15 is 0 Å². The van der Waals surface area contributed by atoms with Crippen LogP contribution in [0.2, 0.25) is 0 Å². The van der Waals surface area contributed by atoms with Gasteiger partial charge in [0, 0.05) is 5.92 Å². The van der Waals surface area contributed by atoms with Crippen LogP contribution in [-0.2, 0) is 0 Å². The van der Waals surface area contributed by atoms with Gasteiger partial charge in [-0.1, -0.05) is 60.7 Å². The lowest BCUT2D eigenvalue weighted by Crippen LogP contribution is -1.99. The molecule has 0 spiro atoms. The smallest absolute Gasteiger partial charge is 0.123 e. The summed E-state index contributed by atoms with van der Waals surface area (Å²) >= 11 is 0. The van der Waals surface area contributed by atoms with Gasteiger partial charge in [0.2, 0.25) is 0 Å². The molecule has 96 valence electrons. The zero-order valence-electron chi connectivity index (χ0n) is 10.9. The summed E-state index contributed by atoms with van der Waals surface area (Å²) in [5, 5.41) is 0. The van der Waals surface area contributed by atoms with E-state index in [1.54, 1.807) is 12.1 Å². The Kier molecular flexibility index (Phi) is 2.46. The lowest BCUT2D eigenvalue weighted by atomic mass is 9.89. The van der Waals surface area contributed by atoms with Gasteiger partial charge >= 0.3 is 0 Å². The van der Waals surface area contributed by atoms with Crippen LogP contribution >= 0.6 is 0 Å². The molecule has 1 heteroatoms. The second-order valence-corrected chi connectivity index (χ2v) is 5.16. The molecule has 0 fully saturated rings. The summed E-state index contributed by atoms with van der Waals surface area (Å²) in [5.41, 5.74) is 6.07. The molecule has 0 N–H and O–H groups in total. The maximum Gasteiger partial charge on any atom is 0.123 e. The highest BCUT2D eigenvalue weighted by atomic mass is 19.1. The first-order valence-electron chi connectivity index (χ1n) is 6.78. The SMILES string of the molecule is Fc1cccc(C2c3ccccc3-c3ccccc32)c1. The number of hydrogen-bond donors (Lipinski definition) is 0. The Bertz CT molecular complexity index is 744. The van der Waals surface area contributed by atoms with Crippen molar-refractivity contribution in [2.24, 2.45) is 0 Å². The van der Waals surface area contributed by atoms with Crippen LogP contribution in [0.5, 0.6) is 0 Å². The minimum absolute atomic E-state index is 0.137. The molecular weight excluding hydrogens is 247 g/mol. The van der Waals surface area contributed by atoms with Crippen molar-refractivity contribution in [2.75, 3.05) is 0 Å². The Morgan fingerprint density at radius 2 is 1.25 bits per heavy atom. The van der Waals surface area contributed by atoms with Gasteiger partial charge in [-0.2, -0.15) is 0 Å². The highest BCUT2D eigenvalue weighted by Gasteiger charge is 2.29.